The highest BCUT2D eigenvalue weighted by molar-refractivity contribution is 5.23. The Morgan fingerprint density at radius 1 is 1.62 bits per heavy atom. The summed E-state index contributed by atoms with van der Waals surface area (Å²) in [6.45, 7) is -0.781. The molecule has 1 aromatic heterocycles. The van der Waals surface area contributed by atoms with Gasteiger partial charge in [0, 0.05) is 12.7 Å². The summed E-state index contributed by atoms with van der Waals surface area (Å²) in [6, 6.07) is 1.28. The first-order chi connectivity index (χ1) is 9.95. The van der Waals surface area contributed by atoms with E-state index in [1.807, 2.05) is 0 Å². The van der Waals surface area contributed by atoms with Crippen LogP contribution in [0.1, 0.15) is 6.23 Å². The first-order valence-corrected chi connectivity index (χ1v) is 6.24. The number of anilines is 1. The van der Waals surface area contributed by atoms with Crippen molar-refractivity contribution >= 4 is 5.82 Å². The van der Waals surface area contributed by atoms with E-state index < -0.39 is 36.6 Å². The molecule has 0 aromatic carbocycles. The van der Waals surface area contributed by atoms with Gasteiger partial charge < -0.3 is 31.2 Å². The van der Waals surface area contributed by atoms with Crippen molar-refractivity contribution in [2.75, 3.05) is 25.5 Å². The second-order valence-corrected chi connectivity index (χ2v) is 4.55. The zero-order valence-corrected chi connectivity index (χ0v) is 11.1. The number of halogens is 1. The lowest BCUT2D eigenvalue weighted by molar-refractivity contribution is -0.280. The summed E-state index contributed by atoms with van der Waals surface area (Å²) in [5, 5.41) is 19.3. The third kappa shape index (κ3) is 2.76. The minimum absolute atomic E-state index is 0.0296. The monoisotopic (exact) mass is 304 g/mol. The summed E-state index contributed by atoms with van der Waals surface area (Å²) >= 11 is 0. The van der Waals surface area contributed by atoms with Gasteiger partial charge >= 0.3 is 5.69 Å². The van der Waals surface area contributed by atoms with E-state index in [0.29, 0.717) is 0 Å². The topological polar surface area (TPSA) is 146 Å². The minimum Gasteiger partial charge on any atom is -0.391 e. The maximum Gasteiger partial charge on any atom is 0.351 e. The highest BCUT2D eigenvalue weighted by Gasteiger charge is 2.57. The molecule has 1 aliphatic heterocycles. The van der Waals surface area contributed by atoms with Crippen molar-refractivity contribution in [2.24, 2.45) is 5.73 Å². The molecule has 0 bridgehead atoms. The summed E-state index contributed by atoms with van der Waals surface area (Å²) in [5.41, 5.74) is 9.77. The van der Waals surface area contributed by atoms with E-state index in [1.165, 1.54) is 12.3 Å². The van der Waals surface area contributed by atoms with Crippen LogP contribution in [0.2, 0.25) is 0 Å². The summed E-state index contributed by atoms with van der Waals surface area (Å²) in [7, 11) is 0. The average molecular weight is 304 g/mol. The van der Waals surface area contributed by atoms with Crippen LogP contribution in [0.5, 0.6) is 0 Å². The van der Waals surface area contributed by atoms with Crippen LogP contribution in [-0.4, -0.2) is 57.6 Å². The largest absolute Gasteiger partial charge is 0.391 e. The van der Waals surface area contributed by atoms with Crippen molar-refractivity contribution in [1.29, 1.82) is 0 Å². The van der Waals surface area contributed by atoms with Crippen LogP contribution in [-0.2, 0) is 9.47 Å². The quantitative estimate of drug-likeness (QED) is 0.476. The van der Waals surface area contributed by atoms with Crippen molar-refractivity contribution in [1.82, 2.24) is 9.55 Å². The maximum absolute atomic E-state index is 14.2. The average Bonchev–Trinajstić information content (AvgIpc) is 2.71. The molecule has 6 N–H and O–H groups in total. The number of nitrogen functional groups attached to an aromatic ring is 1. The van der Waals surface area contributed by atoms with Crippen molar-refractivity contribution in [3.05, 3.63) is 22.7 Å². The molecule has 4 atom stereocenters. The number of nitrogens with two attached hydrogens (primary N) is 2. The van der Waals surface area contributed by atoms with Crippen LogP contribution in [0, 0.1) is 0 Å². The lowest BCUT2D eigenvalue weighted by Gasteiger charge is -2.29. The van der Waals surface area contributed by atoms with Gasteiger partial charge in [0.1, 0.15) is 18.5 Å². The number of aliphatic hydroxyl groups is 2. The van der Waals surface area contributed by atoms with Gasteiger partial charge in [-0.2, -0.15) is 4.98 Å². The first kappa shape index (κ1) is 15.8. The van der Waals surface area contributed by atoms with Crippen LogP contribution >= 0.6 is 0 Å². The van der Waals surface area contributed by atoms with Crippen molar-refractivity contribution in [3.8, 4) is 0 Å². The predicted molar refractivity (Wildman–Crippen MR) is 68.8 cm³/mol. The van der Waals surface area contributed by atoms with Crippen LogP contribution < -0.4 is 17.2 Å². The molecule has 2 rings (SSSR count). The van der Waals surface area contributed by atoms with Crippen molar-refractivity contribution in [3.63, 3.8) is 0 Å². The second-order valence-electron chi connectivity index (χ2n) is 4.55. The summed E-state index contributed by atoms with van der Waals surface area (Å²) in [5.74, 6) is -2.01. The highest BCUT2D eigenvalue weighted by atomic mass is 19.1. The molecule has 0 unspecified atom stereocenters. The van der Waals surface area contributed by atoms with E-state index in [9.17, 15) is 19.4 Å². The van der Waals surface area contributed by atoms with Crippen LogP contribution in [0.15, 0.2) is 17.1 Å². The summed E-state index contributed by atoms with van der Waals surface area (Å²) in [6.07, 6.45) is -4.10. The standard InChI is InChI=1S/C11H17FN4O5/c12-7-8(18)11(5-17,20-4-2-13)21-9(7)16-3-1-6(14)15-10(16)19/h1,3,7-9,17-18H,2,4-5,13H2,(H2,14,15,19)/t7-,8-,9+,11+/m0/s1. The van der Waals surface area contributed by atoms with Crippen molar-refractivity contribution < 1.29 is 24.1 Å². The number of hydrogen-bond donors (Lipinski definition) is 4. The van der Waals surface area contributed by atoms with Gasteiger partial charge in [0.15, 0.2) is 12.4 Å². The van der Waals surface area contributed by atoms with Gasteiger partial charge in [0.2, 0.25) is 5.79 Å². The molecule has 0 spiro atoms. The number of nitrogens with zero attached hydrogens (tertiary/aromatic N) is 2. The fourth-order valence-corrected chi connectivity index (χ4v) is 2.09. The fourth-order valence-electron chi connectivity index (χ4n) is 2.09. The smallest absolute Gasteiger partial charge is 0.351 e. The highest BCUT2D eigenvalue weighted by Crippen LogP contribution is 2.39. The molecule has 0 amide bonds. The molecule has 1 saturated heterocycles. The number of alkyl halides is 1. The third-order valence-corrected chi connectivity index (χ3v) is 3.16. The van der Waals surface area contributed by atoms with Gasteiger partial charge in [0.05, 0.1) is 6.61 Å². The number of aliphatic hydroxyl groups excluding tert-OH is 2. The van der Waals surface area contributed by atoms with Crippen LogP contribution in [0.4, 0.5) is 10.2 Å². The van der Waals surface area contributed by atoms with Gasteiger partial charge in [-0.05, 0) is 6.07 Å². The molecule has 9 nitrogen and oxygen atoms in total. The van der Waals surface area contributed by atoms with Gasteiger partial charge in [-0.1, -0.05) is 0 Å². The molecule has 21 heavy (non-hydrogen) atoms. The Morgan fingerprint density at radius 3 is 2.90 bits per heavy atom. The van der Waals surface area contributed by atoms with Gasteiger partial charge in [0.25, 0.3) is 0 Å². The van der Waals surface area contributed by atoms with Crippen molar-refractivity contribution in [2.45, 2.75) is 24.3 Å². The summed E-state index contributed by atoms with van der Waals surface area (Å²) in [4.78, 5) is 15.2. The van der Waals surface area contributed by atoms with Gasteiger partial charge in [-0.25, -0.2) is 9.18 Å². The zero-order valence-electron chi connectivity index (χ0n) is 11.1. The zero-order chi connectivity index (χ0) is 15.6. The Bertz CT molecular complexity index is 556. The van der Waals surface area contributed by atoms with E-state index in [4.69, 9.17) is 20.9 Å². The van der Waals surface area contributed by atoms with Crippen LogP contribution in [0.25, 0.3) is 0 Å². The number of aromatic nitrogens is 2. The molecular formula is C11H17FN4O5. The molecule has 2 heterocycles. The number of rotatable bonds is 5. The summed E-state index contributed by atoms with van der Waals surface area (Å²) < 4.78 is 25.5. The number of hydrogen-bond acceptors (Lipinski definition) is 8. The lowest BCUT2D eigenvalue weighted by atomic mass is 10.1. The molecule has 1 aliphatic rings. The Balaban J connectivity index is 2.32. The Labute approximate surface area is 118 Å². The van der Waals surface area contributed by atoms with E-state index >= 15 is 0 Å². The van der Waals surface area contributed by atoms with Gasteiger partial charge in [-0.15, -0.1) is 0 Å². The SMILES string of the molecule is NCCO[C@]1(CO)O[C@@H](n2ccc(N)nc2=O)[C@@H](F)[C@@H]1O. The lowest BCUT2D eigenvalue weighted by Crippen LogP contribution is -2.48. The maximum atomic E-state index is 14.2. The fraction of sp³-hybridized carbons (Fsp3) is 0.636. The molecule has 1 fully saturated rings. The number of ether oxygens (including phenoxy) is 2. The Kier molecular flexibility index (Phi) is 4.54. The first-order valence-electron chi connectivity index (χ1n) is 6.24. The predicted octanol–water partition coefficient (Wildman–Crippen LogP) is -2.28. The van der Waals surface area contributed by atoms with E-state index in [1.54, 1.807) is 0 Å². The normalized spacial score (nSPS) is 32.5. The molecule has 118 valence electrons. The Morgan fingerprint density at radius 2 is 2.33 bits per heavy atom. The molecule has 0 aliphatic carbocycles. The molecule has 1 aromatic rings. The minimum atomic E-state index is -2.00. The second kappa shape index (κ2) is 6.03. The third-order valence-electron chi connectivity index (χ3n) is 3.16. The van der Waals surface area contributed by atoms with E-state index in [2.05, 4.69) is 4.98 Å². The van der Waals surface area contributed by atoms with Crippen LogP contribution in [0.3, 0.4) is 0 Å². The molecule has 0 saturated carbocycles. The molecular weight excluding hydrogens is 287 g/mol. The van der Waals surface area contributed by atoms with E-state index in [-0.39, 0.29) is 19.0 Å². The molecule has 10 heteroatoms. The Hall–Kier alpha value is -1.59. The molecule has 0 radical (unpaired) electrons. The van der Waals surface area contributed by atoms with Gasteiger partial charge in [-0.3, -0.25) is 4.57 Å². The van der Waals surface area contributed by atoms with E-state index in [0.717, 1.165) is 4.57 Å².